The molecule has 0 radical (unpaired) electrons. The summed E-state index contributed by atoms with van der Waals surface area (Å²) in [5.41, 5.74) is 4.95. The average Bonchev–Trinajstić information content (AvgIpc) is 2.26. The Morgan fingerprint density at radius 2 is 1.72 bits per heavy atom. The summed E-state index contributed by atoms with van der Waals surface area (Å²) in [5.74, 6) is 1.51. The van der Waals surface area contributed by atoms with E-state index in [1.807, 2.05) is 13.8 Å². The van der Waals surface area contributed by atoms with Crippen LogP contribution in [0.1, 0.15) is 48.0 Å². The Hall–Kier alpha value is -0.640. The molecule has 0 fully saturated rings. The third kappa shape index (κ3) is 4.23. The molecule has 0 saturated carbocycles. The van der Waals surface area contributed by atoms with Crippen molar-refractivity contribution in [3.05, 3.63) is 0 Å². The fraction of sp³-hybridized carbons (Fsp3) is 0.857. The zero-order valence-electron chi connectivity index (χ0n) is 12.5. The monoisotopic (exact) mass is 272 g/mol. The van der Waals surface area contributed by atoms with E-state index in [1.54, 1.807) is 0 Å². The van der Waals surface area contributed by atoms with E-state index in [9.17, 15) is 4.79 Å². The first-order chi connectivity index (χ1) is 8.16. The van der Waals surface area contributed by atoms with Crippen LogP contribution in [0.5, 0.6) is 0 Å². The van der Waals surface area contributed by atoms with Gasteiger partial charge in [0.2, 0.25) is 5.91 Å². The van der Waals surface area contributed by atoms with Crippen molar-refractivity contribution in [1.29, 1.82) is 0 Å². The number of rotatable bonds is 7. The van der Waals surface area contributed by atoms with Crippen LogP contribution >= 0.6 is 12.2 Å². The van der Waals surface area contributed by atoms with Crippen molar-refractivity contribution in [3.63, 3.8) is 0 Å². The maximum atomic E-state index is 12.2. The molecular formula is C14H28N2OS. The SMILES string of the molecule is CCC(C)(C(=O)NCC(C(C)C)C(C)C)C(N)=S. The molecule has 0 aromatic rings. The highest BCUT2D eigenvalue weighted by molar-refractivity contribution is 7.80. The Bertz CT molecular complexity index is 294. The van der Waals surface area contributed by atoms with Gasteiger partial charge in [0.25, 0.3) is 0 Å². The third-order valence-electron chi connectivity index (χ3n) is 3.96. The van der Waals surface area contributed by atoms with Crippen molar-refractivity contribution in [3.8, 4) is 0 Å². The second kappa shape index (κ2) is 7.07. The van der Waals surface area contributed by atoms with E-state index in [4.69, 9.17) is 18.0 Å². The lowest BCUT2D eigenvalue weighted by molar-refractivity contribution is -0.127. The van der Waals surface area contributed by atoms with E-state index in [2.05, 4.69) is 33.0 Å². The largest absolute Gasteiger partial charge is 0.392 e. The zero-order valence-corrected chi connectivity index (χ0v) is 13.4. The molecule has 0 rings (SSSR count). The molecule has 1 unspecified atom stereocenters. The van der Waals surface area contributed by atoms with Crippen molar-refractivity contribution in [2.75, 3.05) is 6.54 Å². The van der Waals surface area contributed by atoms with Gasteiger partial charge >= 0.3 is 0 Å². The van der Waals surface area contributed by atoms with Gasteiger partial charge in [-0.15, -0.1) is 0 Å². The molecular weight excluding hydrogens is 244 g/mol. The summed E-state index contributed by atoms with van der Waals surface area (Å²) < 4.78 is 0. The maximum absolute atomic E-state index is 12.2. The second-order valence-corrected chi connectivity index (χ2v) is 6.35. The smallest absolute Gasteiger partial charge is 0.232 e. The summed E-state index contributed by atoms with van der Waals surface area (Å²) >= 11 is 5.01. The van der Waals surface area contributed by atoms with E-state index < -0.39 is 5.41 Å². The number of thiocarbonyl (C=S) groups is 1. The van der Waals surface area contributed by atoms with Crippen LogP contribution in [0.2, 0.25) is 0 Å². The van der Waals surface area contributed by atoms with Crippen molar-refractivity contribution in [2.24, 2.45) is 28.9 Å². The zero-order chi connectivity index (χ0) is 14.5. The molecule has 0 aliphatic rings. The van der Waals surface area contributed by atoms with Crippen molar-refractivity contribution >= 4 is 23.1 Å². The molecule has 3 nitrogen and oxygen atoms in total. The number of carbonyl (C=O) groups is 1. The lowest BCUT2D eigenvalue weighted by Crippen LogP contribution is -2.48. The lowest BCUT2D eigenvalue weighted by Gasteiger charge is -2.29. The molecule has 0 aromatic carbocycles. The average molecular weight is 272 g/mol. The van der Waals surface area contributed by atoms with E-state index in [0.29, 0.717) is 30.7 Å². The van der Waals surface area contributed by atoms with Gasteiger partial charge in [-0.1, -0.05) is 46.8 Å². The molecule has 0 aliphatic carbocycles. The van der Waals surface area contributed by atoms with Crippen LogP contribution in [-0.2, 0) is 4.79 Å². The molecule has 0 aliphatic heterocycles. The molecule has 106 valence electrons. The first-order valence-corrected chi connectivity index (χ1v) is 7.15. The number of nitrogens with one attached hydrogen (secondary N) is 1. The van der Waals surface area contributed by atoms with Crippen molar-refractivity contribution in [2.45, 2.75) is 48.0 Å². The number of hydrogen-bond acceptors (Lipinski definition) is 2. The highest BCUT2D eigenvalue weighted by Crippen LogP contribution is 2.23. The predicted octanol–water partition coefficient (Wildman–Crippen LogP) is 2.73. The second-order valence-electron chi connectivity index (χ2n) is 5.91. The predicted molar refractivity (Wildman–Crippen MR) is 81.4 cm³/mol. The summed E-state index contributed by atoms with van der Waals surface area (Å²) in [6.07, 6.45) is 0.627. The van der Waals surface area contributed by atoms with Gasteiger partial charge < -0.3 is 11.1 Å². The van der Waals surface area contributed by atoms with E-state index >= 15 is 0 Å². The first-order valence-electron chi connectivity index (χ1n) is 6.75. The number of amides is 1. The Morgan fingerprint density at radius 3 is 2.00 bits per heavy atom. The summed E-state index contributed by atoms with van der Waals surface area (Å²) in [4.78, 5) is 12.5. The van der Waals surface area contributed by atoms with Gasteiger partial charge in [0.1, 0.15) is 0 Å². The minimum atomic E-state index is -0.728. The van der Waals surface area contributed by atoms with Crippen molar-refractivity contribution in [1.82, 2.24) is 5.32 Å². The topological polar surface area (TPSA) is 55.1 Å². The van der Waals surface area contributed by atoms with Crippen LogP contribution < -0.4 is 11.1 Å². The van der Waals surface area contributed by atoms with Gasteiger partial charge in [-0.3, -0.25) is 4.79 Å². The van der Waals surface area contributed by atoms with Crippen molar-refractivity contribution < 1.29 is 4.79 Å². The van der Waals surface area contributed by atoms with E-state index in [-0.39, 0.29) is 10.9 Å². The van der Waals surface area contributed by atoms with Gasteiger partial charge in [0, 0.05) is 6.54 Å². The van der Waals surface area contributed by atoms with Crippen LogP contribution in [0.3, 0.4) is 0 Å². The van der Waals surface area contributed by atoms with Crippen LogP contribution in [0, 0.1) is 23.2 Å². The Kier molecular flexibility index (Phi) is 6.82. The van der Waals surface area contributed by atoms with E-state index in [1.165, 1.54) is 0 Å². The van der Waals surface area contributed by atoms with Crippen LogP contribution in [0.4, 0.5) is 0 Å². The molecule has 0 saturated heterocycles. The molecule has 0 aromatic heterocycles. The minimum Gasteiger partial charge on any atom is -0.392 e. The highest BCUT2D eigenvalue weighted by Gasteiger charge is 2.34. The molecule has 0 bridgehead atoms. The number of carbonyl (C=O) groups excluding carboxylic acids is 1. The summed E-state index contributed by atoms with van der Waals surface area (Å²) in [6, 6.07) is 0. The Labute approximate surface area is 117 Å². The third-order valence-corrected chi connectivity index (χ3v) is 4.41. The molecule has 3 N–H and O–H groups in total. The molecule has 4 heteroatoms. The van der Waals surface area contributed by atoms with Crippen LogP contribution in [0.15, 0.2) is 0 Å². The van der Waals surface area contributed by atoms with E-state index in [0.717, 1.165) is 0 Å². The van der Waals surface area contributed by atoms with Gasteiger partial charge in [0.15, 0.2) is 0 Å². The fourth-order valence-corrected chi connectivity index (χ4v) is 2.33. The van der Waals surface area contributed by atoms with Gasteiger partial charge in [-0.05, 0) is 31.1 Å². The molecule has 18 heavy (non-hydrogen) atoms. The molecule has 1 atom stereocenters. The lowest BCUT2D eigenvalue weighted by atomic mass is 9.83. The highest BCUT2D eigenvalue weighted by atomic mass is 32.1. The minimum absolute atomic E-state index is 0.0520. The molecule has 1 amide bonds. The van der Waals surface area contributed by atoms with Gasteiger partial charge in [-0.2, -0.15) is 0 Å². The summed E-state index contributed by atoms with van der Waals surface area (Å²) in [5, 5.41) is 3.01. The van der Waals surface area contributed by atoms with Gasteiger partial charge in [0.05, 0.1) is 10.4 Å². The normalized spacial score (nSPS) is 14.9. The fourth-order valence-electron chi connectivity index (χ4n) is 2.09. The Balaban J connectivity index is 4.62. The maximum Gasteiger partial charge on any atom is 0.232 e. The summed E-state index contributed by atoms with van der Waals surface area (Å²) in [6.45, 7) is 13.2. The summed E-state index contributed by atoms with van der Waals surface area (Å²) in [7, 11) is 0. The number of hydrogen-bond donors (Lipinski definition) is 2. The first kappa shape index (κ1) is 17.4. The molecule has 0 heterocycles. The molecule has 0 spiro atoms. The standard InChI is InChI=1S/C14H28N2OS/c1-7-14(6,12(15)18)13(17)16-8-11(9(2)3)10(4)5/h9-11H,7-8H2,1-6H3,(H2,15,18)(H,16,17). The van der Waals surface area contributed by atoms with Crippen LogP contribution in [-0.4, -0.2) is 17.4 Å². The quantitative estimate of drug-likeness (QED) is 0.701. The number of nitrogens with two attached hydrogens (primary N) is 1. The van der Waals surface area contributed by atoms with Crippen LogP contribution in [0.25, 0.3) is 0 Å². The Morgan fingerprint density at radius 1 is 1.28 bits per heavy atom. The van der Waals surface area contributed by atoms with Gasteiger partial charge in [-0.25, -0.2) is 0 Å².